The van der Waals surface area contributed by atoms with Gasteiger partial charge in [0.05, 0.1) is 33.1 Å². The van der Waals surface area contributed by atoms with Crippen LogP contribution >= 0.6 is 0 Å². The van der Waals surface area contributed by atoms with Crippen molar-refractivity contribution in [2.45, 2.75) is 0 Å². The number of para-hydroxylation sites is 4. The molecule has 0 radical (unpaired) electrons. The fourth-order valence-corrected chi connectivity index (χ4v) is 11.1. The van der Waals surface area contributed by atoms with Crippen LogP contribution in [0.15, 0.2) is 249 Å². The van der Waals surface area contributed by atoms with E-state index in [2.05, 4.69) is 184 Å². The van der Waals surface area contributed by atoms with Gasteiger partial charge in [-0.25, -0.2) is 19.9 Å². The molecule has 15 rings (SSSR count). The van der Waals surface area contributed by atoms with Crippen LogP contribution in [0.4, 0.5) is 0 Å². The van der Waals surface area contributed by atoms with Crippen molar-refractivity contribution in [1.29, 1.82) is 0 Å². The molecule has 0 aliphatic carbocycles. The van der Waals surface area contributed by atoms with Gasteiger partial charge in [-0.1, -0.05) is 194 Å². The number of aromatic nitrogens is 9. The first-order valence-electron chi connectivity index (χ1n) is 25.0. The number of hydrogen-bond donors (Lipinski definition) is 0. The molecule has 0 spiro atoms. The van der Waals surface area contributed by atoms with Crippen molar-refractivity contribution in [3.63, 3.8) is 0 Å². The zero-order valence-corrected chi connectivity index (χ0v) is 40.2. The Labute approximate surface area is 430 Å². The molecule has 5 aromatic heterocycles. The average molecular weight is 960 g/mol. The van der Waals surface area contributed by atoms with Gasteiger partial charge in [-0.15, -0.1) is 0 Å². The highest BCUT2D eigenvalue weighted by Gasteiger charge is 2.25. The summed E-state index contributed by atoms with van der Waals surface area (Å²) in [7, 11) is 0. The lowest BCUT2D eigenvalue weighted by Crippen LogP contribution is -2.06. The molecule has 0 saturated heterocycles. The molecule has 0 amide bonds. The minimum absolute atomic E-state index is 0.542. The van der Waals surface area contributed by atoms with Crippen molar-refractivity contribution in [3.8, 4) is 74.3 Å². The lowest BCUT2D eigenvalue weighted by atomic mass is 10.1. The number of benzene rings is 10. The van der Waals surface area contributed by atoms with Gasteiger partial charge in [0.25, 0.3) is 0 Å². The maximum atomic E-state index is 5.39. The molecule has 10 aromatic carbocycles. The molecule has 15 aromatic rings. The average Bonchev–Trinajstić information content (AvgIpc) is 4.15. The first-order valence-corrected chi connectivity index (χ1v) is 25.0. The molecule has 5 heterocycles. The predicted molar refractivity (Wildman–Crippen MR) is 303 cm³/mol. The van der Waals surface area contributed by atoms with Crippen molar-refractivity contribution in [2.24, 2.45) is 0 Å². The molecule has 0 aliphatic heterocycles. The maximum absolute atomic E-state index is 5.39. The summed E-state index contributed by atoms with van der Waals surface area (Å²) in [6, 6.07) is 86.2. The standard InChI is InChI=1S/C66H41N9/c1-5-21-42(22-6-1)61-67-64(70-65(69-61)52-34-20-38-56-58(52)50-32-14-17-36-54(50)73(56)46-28-11-4-12-29-46)45-27-19-30-47(41-45)74-55-37-18-15-33-51(55)59-57(74)40-39-49-48-31-13-16-35-53(48)75(60(49)59)66-71-62(43-23-7-2-8-24-43)68-63(72-66)44-25-9-3-10-26-44/h1-41H. The number of rotatable bonds is 8. The third-order valence-electron chi connectivity index (χ3n) is 14.3. The summed E-state index contributed by atoms with van der Waals surface area (Å²) in [4.78, 5) is 31.5. The van der Waals surface area contributed by atoms with Crippen LogP contribution in [0, 0.1) is 0 Å². The second-order valence-corrected chi connectivity index (χ2v) is 18.7. The van der Waals surface area contributed by atoms with Gasteiger partial charge in [-0.3, -0.25) is 4.57 Å². The van der Waals surface area contributed by atoms with Gasteiger partial charge in [0, 0.05) is 71.5 Å². The molecule has 0 unspecified atom stereocenters. The minimum Gasteiger partial charge on any atom is -0.309 e. The van der Waals surface area contributed by atoms with Crippen LogP contribution in [0.1, 0.15) is 0 Å². The summed E-state index contributed by atoms with van der Waals surface area (Å²) in [5, 5.41) is 6.61. The van der Waals surface area contributed by atoms with Crippen LogP contribution in [0.5, 0.6) is 0 Å². The van der Waals surface area contributed by atoms with Crippen molar-refractivity contribution < 1.29 is 0 Å². The van der Waals surface area contributed by atoms with Crippen molar-refractivity contribution in [2.75, 3.05) is 0 Å². The molecule has 0 bridgehead atoms. The van der Waals surface area contributed by atoms with E-state index in [-0.39, 0.29) is 0 Å². The van der Waals surface area contributed by atoms with Gasteiger partial charge in [0.1, 0.15) is 0 Å². The Hall–Kier alpha value is -10.4. The summed E-state index contributed by atoms with van der Waals surface area (Å²) in [6.45, 7) is 0. The summed E-state index contributed by atoms with van der Waals surface area (Å²) in [6.07, 6.45) is 0. The Morgan fingerprint density at radius 3 is 1.27 bits per heavy atom. The topological polar surface area (TPSA) is 92.1 Å². The number of hydrogen-bond acceptors (Lipinski definition) is 6. The van der Waals surface area contributed by atoms with E-state index in [0.29, 0.717) is 35.1 Å². The molecule has 350 valence electrons. The smallest absolute Gasteiger partial charge is 0.238 e. The first kappa shape index (κ1) is 42.3. The molecule has 0 N–H and O–H groups in total. The minimum atomic E-state index is 0.542. The van der Waals surface area contributed by atoms with Crippen LogP contribution in [0.2, 0.25) is 0 Å². The molecule has 0 fully saturated rings. The summed E-state index contributed by atoms with van der Waals surface area (Å²) < 4.78 is 6.91. The quantitative estimate of drug-likeness (QED) is 0.151. The largest absolute Gasteiger partial charge is 0.309 e. The Bertz CT molecular complexity index is 4640. The first-order chi connectivity index (χ1) is 37.2. The third-order valence-corrected chi connectivity index (χ3v) is 14.3. The van der Waals surface area contributed by atoms with E-state index < -0.39 is 0 Å². The van der Waals surface area contributed by atoms with E-state index in [1.807, 2.05) is 78.9 Å². The highest BCUT2D eigenvalue weighted by atomic mass is 15.2. The van der Waals surface area contributed by atoms with E-state index in [1.165, 1.54) is 0 Å². The van der Waals surface area contributed by atoms with Crippen LogP contribution in [0.3, 0.4) is 0 Å². The SMILES string of the molecule is c1ccc(-c2nc(-c3cccc(-n4c5ccccc5c5c4ccc4c6ccccc6n(-c6nc(-c7ccccc7)nc(-c7ccccc7)n6)c45)c3)nc(-c3cccc4c3c3ccccc3n4-c3ccccc3)n2)cc1. The molecule has 9 heteroatoms. The molecular weight excluding hydrogens is 919 g/mol. The zero-order chi connectivity index (χ0) is 49.4. The molecule has 0 aliphatic rings. The van der Waals surface area contributed by atoms with E-state index in [4.69, 9.17) is 29.9 Å². The second kappa shape index (κ2) is 17.1. The third kappa shape index (κ3) is 6.86. The van der Waals surface area contributed by atoms with Crippen LogP contribution < -0.4 is 0 Å². The Balaban J connectivity index is 0.952. The van der Waals surface area contributed by atoms with Gasteiger partial charge in [0.15, 0.2) is 29.1 Å². The number of nitrogens with zero attached hydrogens (tertiary/aromatic N) is 9. The molecular formula is C66H41N9. The molecule has 0 saturated carbocycles. The normalized spacial score (nSPS) is 11.7. The Morgan fingerprint density at radius 2 is 0.653 bits per heavy atom. The van der Waals surface area contributed by atoms with Crippen LogP contribution in [-0.4, -0.2) is 43.6 Å². The fraction of sp³-hybridized carbons (Fsp3) is 0. The summed E-state index contributed by atoms with van der Waals surface area (Å²) in [5.41, 5.74) is 12.9. The Morgan fingerprint density at radius 1 is 0.240 bits per heavy atom. The molecule has 0 atom stereocenters. The molecule has 9 nitrogen and oxygen atoms in total. The van der Waals surface area contributed by atoms with E-state index >= 15 is 0 Å². The summed E-state index contributed by atoms with van der Waals surface area (Å²) >= 11 is 0. The van der Waals surface area contributed by atoms with Crippen molar-refractivity contribution in [1.82, 2.24) is 43.6 Å². The van der Waals surface area contributed by atoms with Crippen LogP contribution in [0.25, 0.3) is 140 Å². The van der Waals surface area contributed by atoms with Crippen LogP contribution in [-0.2, 0) is 0 Å². The van der Waals surface area contributed by atoms with E-state index in [1.54, 1.807) is 0 Å². The maximum Gasteiger partial charge on any atom is 0.238 e. The van der Waals surface area contributed by atoms with Crippen molar-refractivity contribution >= 4 is 65.4 Å². The molecule has 75 heavy (non-hydrogen) atoms. The zero-order valence-electron chi connectivity index (χ0n) is 40.2. The highest BCUT2D eigenvalue weighted by molar-refractivity contribution is 6.26. The van der Waals surface area contributed by atoms with Gasteiger partial charge in [0.2, 0.25) is 5.95 Å². The fourth-order valence-electron chi connectivity index (χ4n) is 11.1. The summed E-state index contributed by atoms with van der Waals surface area (Å²) in [5.74, 6) is 3.52. The predicted octanol–water partition coefficient (Wildman–Crippen LogP) is 15.7. The van der Waals surface area contributed by atoms with Gasteiger partial charge >= 0.3 is 0 Å². The van der Waals surface area contributed by atoms with Crippen molar-refractivity contribution in [3.05, 3.63) is 249 Å². The monoisotopic (exact) mass is 959 g/mol. The van der Waals surface area contributed by atoms with E-state index in [9.17, 15) is 0 Å². The lowest BCUT2D eigenvalue weighted by Gasteiger charge is -2.13. The second-order valence-electron chi connectivity index (χ2n) is 18.7. The highest BCUT2D eigenvalue weighted by Crippen LogP contribution is 2.43. The van der Waals surface area contributed by atoms with Gasteiger partial charge < -0.3 is 9.13 Å². The van der Waals surface area contributed by atoms with Gasteiger partial charge in [-0.2, -0.15) is 9.97 Å². The number of fused-ring (bicyclic) bond motifs is 10. The lowest BCUT2D eigenvalue weighted by molar-refractivity contribution is 0.955. The van der Waals surface area contributed by atoms with E-state index in [0.717, 1.165) is 105 Å². The Kier molecular flexibility index (Phi) is 9.67. The van der Waals surface area contributed by atoms with Gasteiger partial charge in [-0.05, 0) is 54.6 Å².